The Balaban J connectivity index is 1.47. The number of carbonyl (C=O) groups excluding carboxylic acids is 2. The fraction of sp³-hybridized carbons (Fsp3) is 0.375. The monoisotopic (exact) mass is 454 g/mol. The molecule has 1 saturated heterocycles. The molecule has 0 saturated carbocycles. The lowest BCUT2D eigenvalue weighted by molar-refractivity contribution is -0.134. The molecule has 0 N–H and O–H groups in total. The number of hydrazone groups is 1. The number of carbonyl (C=O) groups is 2. The predicted molar refractivity (Wildman–Crippen MR) is 124 cm³/mol. The molecule has 4 rings (SSSR count). The average molecular weight is 455 g/mol. The summed E-state index contributed by atoms with van der Waals surface area (Å²) in [6.45, 7) is 4.76. The first-order chi connectivity index (χ1) is 15.5. The van der Waals surface area contributed by atoms with Crippen LogP contribution in [0.15, 0.2) is 59.7 Å². The van der Waals surface area contributed by atoms with E-state index in [-0.39, 0.29) is 24.6 Å². The first-order valence-electron chi connectivity index (χ1n) is 10.9. The summed E-state index contributed by atoms with van der Waals surface area (Å²) >= 11 is 6.07. The molecule has 0 bridgehead atoms. The van der Waals surface area contributed by atoms with Crippen molar-refractivity contribution in [2.45, 2.75) is 19.4 Å². The normalized spacial score (nSPS) is 19.1. The number of benzene rings is 2. The lowest BCUT2D eigenvalue weighted by Crippen LogP contribution is -2.51. The number of nitrogens with zero attached hydrogens (tertiary/aromatic N) is 4. The second kappa shape index (κ2) is 10.1. The molecule has 0 spiro atoms. The molecule has 1 fully saturated rings. The van der Waals surface area contributed by atoms with Crippen LogP contribution in [-0.2, 0) is 9.53 Å². The largest absolute Gasteiger partial charge is 0.450 e. The van der Waals surface area contributed by atoms with E-state index in [0.717, 1.165) is 16.8 Å². The van der Waals surface area contributed by atoms with Crippen molar-refractivity contribution in [2.24, 2.45) is 5.10 Å². The van der Waals surface area contributed by atoms with Crippen molar-refractivity contribution in [3.63, 3.8) is 0 Å². The van der Waals surface area contributed by atoms with Gasteiger partial charge in [-0.15, -0.1) is 0 Å². The SMILES string of the molecule is CCOC(=O)N1CCN(CC(=O)N2N=C(c3ccccc3)C[C@H]2c2ccc(Cl)cc2)CC1. The van der Waals surface area contributed by atoms with Crippen LogP contribution in [0.5, 0.6) is 0 Å². The lowest BCUT2D eigenvalue weighted by atomic mass is 9.98. The Morgan fingerprint density at radius 3 is 2.38 bits per heavy atom. The molecule has 0 radical (unpaired) electrons. The van der Waals surface area contributed by atoms with Gasteiger partial charge in [0.05, 0.1) is 24.9 Å². The van der Waals surface area contributed by atoms with Crippen LogP contribution in [0.1, 0.15) is 30.5 Å². The average Bonchev–Trinajstić information content (AvgIpc) is 3.26. The first kappa shape index (κ1) is 22.3. The Bertz CT molecular complexity index is 972. The lowest BCUT2D eigenvalue weighted by Gasteiger charge is -2.34. The van der Waals surface area contributed by atoms with Crippen LogP contribution >= 0.6 is 11.6 Å². The van der Waals surface area contributed by atoms with Crippen LogP contribution in [0.3, 0.4) is 0 Å². The number of halogens is 1. The van der Waals surface area contributed by atoms with Gasteiger partial charge in [0.25, 0.3) is 5.91 Å². The minimum atomic E-state index is -0.294. The zero-order chi connectivity index (χ0) is 22.5. The fourth-order valence-electron chi connectivity index (χ4n) is 4.06. The highest BCUT2D eigenvalue weighted by atomic mass is 35.5. The molecule has 2 aliphatic rings. The molecule has 0 aliphatic carbocycles. The van der Waals surface area contributed by atoms with E-state index in [2.05, 4.69) is 4.90 Å². The summed E-state index contributed by atoms with van der Waals surface area (Å²) in [5.74, 6) is -0.0551. The third-order valence-electron chi connectivity index (χ3n) is 5.78. The number of amides is 2. The standard InChI is InChI=1S/C24H27ClN4O3/c1-2-32-24(31)28-14-12-27(13-15-28)17-23(30)29-22(19-8-10-20(25)11-9-19)16-21(26-29)18-6-4-3-5-7-18/h3-11,22H,2,12-17H2,1H3/t22-/m0/s1. The van der Waals surface area contributed by atoms with Crippen molar-refractivity contribution < 1.29 is 14.3 Å². The van der Waals surface area contributed by atoms with Gasteiger partial charge in [0.15, 0.2) is 0 Å². The topological polar surface area (TPSA) is 65.5 Å². The van der Waals surface area contributed by atoms with Crippen molar-refractivity contribution >= 4 is 29.3 Å². The summed E-state index contributed by atoms with van der Waals surface area (Å²) in [5.41, 5.74) is 2.92. The molecule has 32 heavy (non-hydrogen) atoms. The molecule has 8 heteroatoms. The number of hydrogen-bond donors (Lipinski definition) is 0. The smallest absolute Gasteiger partial charge is 0.409 e. The molecule has 2 aliphatic heterocycles. The van der Waals surface area contributed by atoms with Crippen LogP contribution in [0.4, 0.5) is 4.79 Å². The number of ether oxygens (including phenoxy) is 1. The van der Waals surface area contributed by atoms with Crippen LogP contribution in [0, 0.1) is 0 Å². The van der Waals surface area contributed by atoms with Crippen molar-refractivity contribution in [1.29, 1.82) is 0 Å². The second-order valence-electron chi connectivity index (χ2n) is 7.88. The van der Waals surface area contributed by atoms with Crippen LogP contribution in [-0.4, -0.2) is 71.9 Å². The van der Waals surface area contributed by atoms with Crippen LogP contribution < -0.4 is 0 Å². The summed E-state index contributed by atoms with van der Waals surface area (Å²) in [5, 5.41) is 7.00. The summed E-state index contributed by atoms with van der Waals surface area (Å²) in [4.78, 5) is 29.0. The molecular formula is C24H27ClN4O3. The first-order valence-corrected chi connectivity index (χ1v) is 11.3. The van der Waals surface area contributed by atoms with E-state index < -0.39 is 0 Å². The molecule has 2 amide bonds. The quantitative estimate of drug-likeness (QED) is 0.689. The highest BCUT2D eigenvalue weighted by molar-refractivity contribution is 6.30. The zero-order valence-electron chi connectivity index (χ0n) is 18.1. The maximum absolute atomic E-state index is 13.3. The molecule has 0 unspecified atom stereocenters. The van der Waals surface area contributed by atoms with Gasteiger partial charge in [0.1, 0.15) is 0 Å². The Kier molecular flexibility index (Phi) is 7.07. The Morgan fingerprint density at radius 1 is 1.03 bits per heavy atom. The molecule has 7 nitrogen and oxygen atoms in total. The van der Waals surface area contributed by atoms with E-state index >= 15 is 0 Å². The van der Waals surface area contributed by atoms with Gasteiger partial charge in [-0.2, -0.15) is 5.10 Å². The minimum Gasteiger partial charge on any atom is -0.450 e. The van der Waals surface area contributed by atoms with E-state index in [9.17, 15) is 9.59 Å². The maximum atomic E-state index is 13.3. The summed E-state index contributed by atoms with van der Waals surface area (Å²) in [6.07, 6.45) is 0.353. The minimum absolute atomic E-state index is 0.0551. The summed E-state index contributed by atoms with van der Waals surface area (Å²) in [6, 6.07) is 17.4. The molecule has 0 aromatic heterocycles. The number of rotatable bonds is 5. The third-order valence-corrected chi connectivity index (χ3v) is 6.04. The van der Waals surface area contributed by atoms with Crippen molar-refractivity contribution in [2.75, 3.05) is 39.3 Å². The molecule has 1 atom stereocenters. The van der Waals surface area contributed by atoms with Gasteiger partial charge < -0.3 is 9.64 Å². The van der Waals surface area contributed by atoms with Gasteiger partial charge >= 0.3 is 6.09 Å². The van der Waals surface area contributed by atoms with Gasteiger partial charge in [-0.25, -0.2) is 9.80 Å². The van der Waals surface area contributed by atoms with Crippen LogP contribution in [0.25, 0.3) is 0 Å². The zero-order valence-corrected chi connectivity index (χ0v) is 18.9. The van der Waals surface area contributed by atoms with E-state index in [4.69, 9.17) is 21.4 Å². The Morgan fingerprint density at radius 2 is 1.72 bits per heavy atom. The second-order valence-corrected chi connectivity index (χ2v) is 8.32. The number of piperazine rings is 1. The van der Waals surface area contributed by atoms with Gasteiger partial charge in [0.2, 0.25) is 0 Å². The molecule has 2 aromatic carbocycles. The summed E-state index contributed by atoms with van der Waals surface area (Å²) in [7, 11) is 0. The third kappa shape index (κ3) is 5.11. The Labute approximate surface area is 193 Å². The van der Waals surface area contributed by atoms with Gasteiger partial charge in [-0.3, -0.25) is 9.69 Å². The number of hydrogen-bond acceptors (Lipinski definition) is 5. The van der Waals surface area contributed by atoms with Crippen molar-refractivity contribution in [1.82, 2.24) is 14.8 Å². The highest BCUT2D eigenvalue weighted by Crippen LogP contribution is 2.33. The predicted octanol–water partition coefficient (Wildman–Crippen LogP) is 3.79. The molecule has 2 heterocycles. The molecule has 2 aromatic rings. The highest BCUT2D eigenvalue weighted by Gasteiger charge is 2.34. The van der Waals surface area contributed by atoms with Crippen molar-refractivity contribution in [3.8, 4) is 0 Å². The van der Waals surface area contributed by atoms with E-state index in [1.807, 2.05) is 54.6 Å². The summed E-state index contributed by atoms with van der Waals surface area (Å²) < 4.78 is 5.07. The van der Waals surface area contributed by atoms with E-state index in [0.29, 0.717) is 44.2 Å². The van der Waals surface area contributed by atoms with Gasteiger partial charge in [0, 0.05) is 37.6 Å². The van der Waals surface area contributed by atoms with Gasteiger partial charge in [-0.1, -0.05) is 54.1 Å². The molecule has 168 valence electrons. The van der Waals surface area contributed by atoms with E-state index in [1.54, 1.807) is 16.8 Å². The maximum Gasteiger partial charge on any atom is 0.409 e. The van der Waals surface area contributed by atoms with Crippen molar-refractivity contribution in [3.05, 3.63) is 70.7 Å². The Hall–Kier alpha value is -2.90. The van der Waals surface area contributed by atoms with Gasteiger partial charge in [-0.05, 0) is 30.2 Å². The van der Waals surface area contributed by atoms with Crippen LogP contribution in [0.2, 0.25) is 5.02 Å². The fourth-order valence-corrected chi connectivity index (χ4v) is 4.18. The van der Waals surface area contributed by atoms with E-state index in [1.165, 1.54) is 0 Å². The molecular weight excluding hydrogens is 428 g/mol.